The van der Waals surface area contributed by atoms with Crippen molar-refractivity contribution in [3.05, 3.63) is 41.9 Å². The summed E-state index contributed by atoms with van der Waals surface area (Å²) in [6, 6.07) is 8.72. The van der Waals surface area contributed by atoms with Gasteiger partial charge in [-0.05, 0) is 39.0 Å². The molecule has 0 saturated carbocycles. The minimum atomic E-state index is -4.64. The lowest BCUT2D eigenvalue weighted by Gasteiger charge is -2.16. The Kier molecular flexibility index (Phi) is 4.28. The molecule has 0 radical (unpaired) electrons. The second-order valence-electron chi connectivity index (χ2n) is 5.90. The van der Waals surface area contributed by atoms with Gasteiger partial charge in [0.1, 0.15) is 17.2 Å². The SMILES string of the molecule is Cc1cc2c(Nc3ccccc3OC(C)C)nc(C(F)(F)F)nc2[nH]1. The summed E-state index contributed by atoms with van der Waals surface area (Å²) in [5.41, 5.74) is 1.35. The van der Waals surface area contributed by atoms with Gasteiger partial charge in [0.2, 0.25) is 5.82 Å². The Labute approximate surface area is 142 Å². The molecule has 8 heteroatoms. The topological polar surface area (TPSA) is 62.8 Å². The van der Waals surface area contributed by atoms with Crippen LogP contribution in [0.4, 0.5) is 24.7 Å². The van der Waals surface area contributed by atoms with Crippen LogP contribution < -0.4 is 10.1 Å². The summed E-state index contributed by atoms with van der Waals surface area (Å²) in [4.78, 5) is 10.1. The van der Waals surface area contributed by atoms with E-state index in [4.69, 9.17) is 4.74 Å². The number of aromatic amines is 1. The lowest BCUT2D eigenvalue weighted by atomic mass is 10.2. The Balaban J connectivity index is 2.10. The Morgan fingerprint density at radius 1 is 1.16 bits per heavy atom. The molecule has 0 aliphatic heterocycles. The summed E-state index contributed by atoms with van der Waals surface area (Å²) < 4.78 is 45.0. The fourth-order valence-electron chi connectivity index (χ4n) is 2.42. The molecule has 2 aromatic heterocycles. The molecule has 2 N–H and O–H groups in total. The molecule has 0 bridgehead atoms. The molecule has 0 fully saturated rings. The van der Waals surface area contributed by atoms with Crippen LogP contribution in [0.3, 0.4) is 0 Å². The van der Waals surface area contributed by atoms with Gasteiger partial charge in [-0.25, -0.2) is 9.97 Å². The number of nitrogens with one attached hydrogen (secondary N) is 2. The summed E-state index contributed by atoms with van der Waals surface area (Å²) in [6.07, 6.45) is -4.72. The molecule has 0 amide bonds. The van der Waals surface area contributed by atoms with Crippen LogP contribution in [0, 0.1) is 6.92 Å². The van der Waals surface area contributed by atoms with Crippen molar-refractivity contribution in [3.63, 3.8) is 0 Å². The van der Waals surface area contributed by atoms with E-state index in [1.807, 2.05) is 13.8 Å². The van der Waals surface area contributed by atoms with E-state index in [0.717, 1.165) is 0 Å². The second-order valence-corrected chi connectivity index (χ2v) is 5.90. The third-order valence-electron chi connectivity index (χ3n) is 3.38. The number of anilines is 2. The van der Waals surface area contributed by atoms with Gasteiger partial charge in [0, 0.05) is 5.69 Å². The normalized spacial score (nSPS) is 12.0. The smallest absolute Gasteiger partial charge is 0.451 e. The van der Waals surface area contributed by atoms with Crippen LogP contribution in [0.1, 0.15) is 25.4 Å². The number of alkyl halides is 3. The first-order valence-corrected chi connectivity index (χ1v) is 7.71. The molecule has 25 heavy (non-hydrogen) atoms. The van der Waals surface area contributed by atoms with E-state index in [9.17, 15) is 13.2 Å². The maximum Gasteiger partial charge on any atom is 0.451 e. The van der Waals surface area contributed by atoms with Gasteiger partial charge in [0.15, 0.2) is 0 Å². The van der Waals surface area contributed by atoms with E-state index < -0.39 is 12.0 Å². The highest BCUT2D eigenvalue weighted by molar-refractivity contribution is 5.90. The number of H-pyrrole nitrogens is 1. The van der Waals surface area contributed by atoms with Crippen molar-refractivity contribution in [2.24, 2.45) is 0 Å². The zero-order valence-corrected chi connectivity index (χ0v) is 13.9. The number of halogens is 3. The van der Waals surface area contributed by atoms with Crippen molar-refractivity contribution in [1.29, 1.82) is 0 Å². The number of fused-ring (bicyclic) bond motifs is 1. The predicted octanol–water partition coefficient (Wildman–Crippen LogP) is 4.82. The summed E-state index contributed by atoms with van der Waals surface area (Å²) in [7, 11) is 0. The van der Waals surface area contributed by atoms with Gasteiger partial charge in [-0.1, -0.05) is 12.1 Å². The van der Waals surface area contributed by atoms with E-state index >= 15 is 0 Å². The monoisotopic (exact) mass is 350 g/mol. The van der Waals surface area contributed by atoms with Crippen molar-refractivity contribution in [1.82, 2.24) is 15.0 Å². The minimum absolute atomic E-state index is 0.0708. The number of rotatable bonds is 4. The molecule has 0 saturated heterocycles. The fraction of sp³-hybridized carbons (Fsp3) is 0.294. The number of hydrogen-bond acceptors (Lipinski definition) is 4. The Bertz CT molecular complexity index is 903. The fourth-order valence-corrected chi connectivity index (χ4v) is 2.42. The zero-order valence-electron chi connectivity index (χ0n) is 13.9. The van der Waals surface area contributed by atoms with Crippen LogP contribution in [-0.4, -0.2) is 21.1 Å². The first kappa shape index (κ1) is 17.1. The molecule has 0 spiro atoms. The van der Waals surface area contributed by atoms with Crippen LogP contribution in [0.25, 0.3) is 11.0 Å². The van der Waals surface area contributed by atoms with Gasteiger partial charge in [0.25, 0.3) is 0 Å². The molecule has 132 valence electrons. The average molecular weight is 350 g/mol. The van der Waals surface area contributed by atoms with E-state index in [2.05, 4.69) is 20.3 Å². The minimum Gasteiger partial charge on any atom is -0.489 e. The van der Waals surface area contributed by atoms with Gasteiger partial charge in [-0.15, -0.1) is 0 Å². The Morgan fingerprint density at radius 2 is 1.88 bits per heavy atom. The third kappa shape index (κ3) is 3.67. The highest BCUT2D eigenvalue weighted by atomic mass is 19.4. The molecule has 0 aliphatic rings. The van der Waals surface area contributed by atoms with Gasteiger partial charge in [-0.2, -0.15) is 13.2 Å². The third-order valence-corrected chi connectivity index (χ3v) is 3.38. The predicted molar refractivity (Wildman–Crippen MR) is 89.1 cm³/mol. The van der Waals surface area contributed by atoms with Crippen LogP contribution in [0.15, 0.2) is 30.3 Å². The Hall–Kier alpha value is -2.77. The number of aromatic nitrogens is 3. The molecule has 3 rings (SSSR count). The lowest BCUT2D eigenvalue weighted by Crippen LogP contribution is -2.13. The maximum atomic E-state index is 13.1. The van der Waals surface area contributed by atoms with E-state index in [1.54, 1.807) is 37.3 Å². The standard InChI is InChI=1S/C17H17F3N4O/c1-9(2)25-13-7-5-4-6-12(13)22-15-11-8-10(3)21-14(11)23-16(24-15)17(18,19)20/h4-9H,1-3H3,(H2,21,22,23,24). The van der Waals surface area contributed by atoms with Crippen LogP contribution in [0.2, 0.25) is 0 Å². The molecular weight excluding hydrogens is 333 g/mol. The van der Waals surface area contributed by atoms with Crippen molar-refractivity contribution in [2.45, 2.75) is 33.1 Å². The van der Waals surface area contributed by atoms with Crippen LogP contribution >= 0.6 is 0 Å². The molecule has 0 aliphatic carbocycles. The highest BCUT2D eigenvalue weighted by Crippen LogP contribution is 2.34. The van der Waals surface area contributed by atoms with Gasteiger partial charge in [-0.3, -0.25) is 0 Å². The van der Waals surface area contributed by atoms with E-state index in [0.29, 0.717) is 22.5 Å². The zero-order chi connectivity index (χ0) is 18.2. The summed E-state index contributed by atoms with van der Waals surface area (Å²) >= 11 is 0. The van der Waals surface area contributed by atoms with Crippen molar-refractivity contribution in [2.75, 3.05) is 5.32 Å². The quantitative estimate of drug-likeness (QED) is 0.708. The number of hydrogen-bond donors (Lipinski definition) is 2. The molecule has 2 heterocycles. The lowest BCUT2D eigenvalue weighted by molar-refractivity contribution is -0.144. The molecule has 3 aromatic rings. The van der Waals surface area contributed by atoms with Crippen LogP contribution in [0.5, 0.6) is 5.75 Å². The van der Waals surface area contributed by atoms with E-state index in [1.165, 1.54) is 0 Å². The summed E-state index contributed by atoms with van der Waals surface area (Å²) in [5, 5.41) is 3.43. The van der Waals surface area contributed by atoms with Crippen LogP contribution in [-0.2, 0) is 6.18 Å². The molecular formula is C17H17F3N4O. The number of ether oxygens (including phenoxy) is 1. The number of para-hydroxylation sites is 2. The maximum absolute atomic E-state index is 13.1. The summed E-state index contributed by atoms with van der Waals surface area (Å²) in [5.74, 6) is -0.599. The van der Waals surface area contributed by atoms with E-state index in [-0.39, 0.29) is 17.6 Å². The molecule has 5 nitrogen and oxygen atoms in total. The number of aryl methyl sites for hydroxylation is 1. The average Bonchev–Trinajstić information content (AvgIpc) is 2.88. The molecule has 1 aromatic carbocycles. The van der Waals surface area contributed by atoms with Gasteiger partial charge in [0.05, 0.1) is 17.2 Å². The first-order chi connectivity index (χ1) is 11.7. The number of benzene rings is 1. The molecule has 0 atom stereocenters. The van der Waals surface area contributed by atoms with Gasteiger partial charge < -0.3 is 15.0 Å². The van der Waals surface area contributed by atoms with Crippen molar-refractivity contribution >= 4 is 22.5 Å². The van der Waals surface area contributed by atoms with Gasteiger partial charge >= 0.3 is 6.18 Å². The first-order valence-electron chi connectivity index (χ1n) is 7.71. The highest BCUT2D eigenvalue weighted by Gasteiger charge is 2.36. The summed E-state index contributed by atoms with van der Waals surface area (Å²) in [6.45, 7) is 5.49. The largest absolute Gasteiger partial charge is 0.489 e. The second kappa shape index (κ2) is 6.27. The Morgan fingerprint density at radius 3 is 2.56 bits per heavy atom. The van der Waals surface area contributed by atoms with Crippen molar-refractivity contribution in [3.8, 4) is 5.75 Å². The number of nitrogens with zero attached hydrogens (tertiary/aromatic N) is 2. The molecule has 0 unspecified atom stereocenters. The van der Waals surface area contributed by atoms with Crippen molar-refractivity contribution < 1.29 is 17.9 Å².